The molecular formula is C13H23NO4. The molecule has 0 aliphatic heterocycles. The van der Waals surface area contributed by atoms with Crippen molar-refractivity contribution in [1.82, 2.24) is 5.32 Å². The Kier molecular flexibility index (Phi) is 4.37. The predicted molar refractivity (Wildman–Crippen MR) is 67.0 cm³/mol. The van der Waals surface area contributed by atoms with Gasteiger partial charge >= 0.3 is 5.97 Å². The van der Waals surface area contributed by atoms with Gasteiger partial charge in [-0.3, -0.25) is 4.79 Å². The molecule has 3 N–H and O–H groups in total. The summed E-state index contributed by atoms with van der Waals surface area (Å²) in [6, 6.07) is 0. The van der Waals surface area contributed by atoms with Crippen LogP contribution in [-0.2, 0) is 9.59 Å². The third-order valence-corrected chi connectivity index (χ3v) is 4.01. The second kappa shape index (κ2) is 5.26. The summed E-state index contributed by atoms with van der Waals surface area (Å²) in [7, 11) is 0. The highest BCUT2D eigenvalue weighted by Gasteiger charge is 2.39. The first kappa shape index (κ1) is 15.0. The zero-order valence-electron chi connectivity index (χ0n) is 11.3. The average molecular weight is 257 g/mol. The Morgan fingerprint density at radius 1 is 1.22 bits per heavy atom. The molecule has 0 aromatic heterocycles. The Bertz CT molecular complexity index is 330. The number of carboxylic acid groups (broad SMARTS) is 1. The molecule has 1 fully saturated rings. The van der Waals surface area contributed by atoms with Crippen molar-refractivity contribution in [1.29, 1.82) is 0 Å². The molecular weight excluding hydrogens is 234 g/mol. The van der Waals surface area contributed by atoms with Crippen LogP contribution >= 0.6 is 0 Å². The van der Waals surface area contributed by atoms with Gasteiger partial charge in [-0.25, -0.2) is 4.79 Å². The van der Waals surface area contributed by atoms with Crippen LogP contribution in [0.3, 0.4) is 0 Å². The Morgan fingerprint density at radius 3 is 2.17 bits per heavy atom. The third kappa shape index (κ3) is 3.22. The van der Waals surface area contributed by atoms with Crippen molar-refractivity contribution in [2.45, 2.75) is 52.1 Å². The summed E-state index contributed by atoms with van der Waals surface area (Å²) in [5.41, 5.74) is -2.42. The molecule has 1 aliphatic rings. The van der Waals surface area contributed by atoms with E-state index >= 15 is 0 Å². The number of amides is 1. The topological polar surface area (TPSA) is 86.6 Å². The van der Waals surface area contributed by atoms with Gasteiger partial charge in [-0.1, -0.05) is 26.7 Å². The van der Waals surface area contributed by atoms with E-state index in [9.17, 15) is 14.7 Å². The number of carbonyl (C=O) groups is 2. The summed E-state index contributed by atoms with van der Waals surface area (Å²) in [5.74, 6) is -1.18. The summed E-state index contributed by atoms with van der Waals surface area (Å²) in [5, 5.41) is 20.9. The van der Waals surface area contributed by atoms with Crippen LogP contribution in [0.5, 0.6) is 0 Å². The second-order valence-corrected chi connectivity index (χ2v) is 5.96. The first-order chi connectivity index (χ1) is 8.18. The maximum atomic E-state index is 12.1. The molecule has 1 saturated carbocycles. The molecule has 0 aromatic carbocycles. The highest BCUT2D eigenvalue weighted by atomic mass is 16.4. The quantitative estimate of drug-likeness (QED) is 0.689. The van der Waals surface area contributed by atoms with Crippen LogP contribution in [0.25, 0.3) is 0 Å². The van der Waals surface area contributed by atoms with E-state index < -0.39 is 17.0 Å². The van der Waals surface area contributed by atoms with E-state index in [4.69, 9.17) is 5.11 Å². The first-order valence-electron chi connectivity index (χ1n) is 6.42. The number of nitrogens with one attached hydrogen (secondary N) is 1. The number of aliphatic carboxylic acids is 1. The smallest absolute Gasteiger partial charge is 0.337 e. The number of rotatable bonds is 5. The highest BCUT2D eigenvalue weighted by molar-refractivity contribution is 5.84. The van der Waals surface area contributed by atoms with Crippen LogP contribution in [0.2, 0.25) is 0 Å². The minimum atomic E-state index is -1.92. The van der Waals surface area contributed by atoms with Gasteiger partial charge in [0.1, 0.15) is 0 Å². The van der Waals surface area contributed by atoms with Crippen LogP contribution in [-0.4, -0.2) is 34.2 Å². The zero-order valence-corrected chi connectivity index (χ0v) is 11.3. The minimum Gasteiger partial charge on any atom is -0.479 e. The molecule has 1 unspecified atom stereocenters. The van der Waals surface area contributed by atoms with E-state index in [1.165, 1.54) is 6.92 Å². The molecule has 18 heavy (non-hydrogen) atoms. The second-order valence-electron chi connectivity index (χ2n) is 5.96. The fourth-order valence-corrected chi connectivity index (χ4v) is 2.39. The fourth-order valence-electron chi connectivity index (χ4n) is 2.39. The fraction of sp³-hybridized carbons (Fsp3) is 0.846. The molecule has 1 aliphatic carbocycles. The largest absolute Gasteiger partial charge is 0.479 e. The van der Waals surface area contributed by atoms with Gasteiger partial charge in [-0.15, -0.1) is 0 Å². The predicted octanol–water partition coefficient (Wildman–Crippen LogP) is 1.15. The molecule has 0 saturated heterocycles. The number of aliphatic hydroxyl groups is 1. The summed E-state index contributed by atoms with van der Waals surface area (Å²) >= 11 is 0. The number of hydrogen-bond acceptors (Lipinski definition) is 3. The van der Waals surface area contributed by atoms with E-state index in [1.54, 1.807) is 0 Å². The lowest BCUT2D eigenvalue weighted by atomic mass is 9.77. The first-order valence-corrected chi connectivity index (χ1v) is 6.42. The summed E-state index contributed by atoms with van der Waals surface area (Å²) in [6.45, 7) is 4.68. The standard InChI is InChI=1S/C13H23NO4/c1-12(2,9-6-4-5-7-9)10(15)14-8-13(3,18)11(16)17/h9,18H,4-8H2,1-3H3,(H,14,15)(H,16,17). The van der Waals surface area contributed by atoms with Crippen molar-refractivity contribution in [3.63, 3.8) is 0 Å². The van der Waals surface area contributed by atoms with E-state index in [1.807, 2.05) is 13.8 Å². The molecule has 0 aromatic rings. The molecule has 0 heterocycles. The maximum Gasteiger partial charge on any atom is 0.337 e. The highest BCUT2D eigenvalue weighted by Crippen LogP contribution is 2.39. The van der Waals surface area contributed by atoms with E-state index in [0.717, 1.165) is 25.7 Å². The molecule has 0 bridgehead atoms. The van der Waals surface area contributed by atoms with Gasteiger partial charge in [0, 0.05) is 5.41 Å². The van der Waals surface area contributed by atoms with Crippen LogP contribution in [0.1, 0.15) is 46.5 Å². The number of carbonyl (C=O) groups excluding carboxylic acids is 1. The molecule has 1 rings (SSSR count). The van der Waals surface area contributed by atoms with Gasteiger partial charge in [0.15, 0.2) is 5.60 Å². The lowest BCUT2D eigenvalue weighted by molar-refractivity contribution is -0.156. The molecule has 1 amide bonds. The van der Waals surface area contributed by atoms with Gasteiger partial charge in [0.2, 0.25) is 5.91 Å². The lowest BCUT2D eigenvalue weighted by Gasteiger charge is -2.31. The molecule has 0 radical (unpaired) electrons. The van der Waals surface area contributed by atoms with Crippen molar-refractivity contribution in [2.75, 3.05) is 6.54 Å². The van der Waals surface area contributed by atoms with Gasteiger partial charge in [0.25, 0.3) is 0 Å². The SMILES string of the molecule is CC(O)(CNC(=O)C(C)(C)C1CCCC1)C(=O)O. The van der Waals surface area contributed by atoms with Crippen molar-refractivity contribution < 1.29 is 19.8 Å². The Hall–Kier alpha value is -1.10. The van der Waals surface area contributed by atoms with Crippen LogP contribution < -0.4 is 5.32 Å². The van der Waals surface area contributed by atoms with Crippen molar-refractivity contribution in [3.05, 3.63) is 0 Å². The third-order valence-electron chi connectivity index (χ3n) is 4.01. The molecule has 5 nitrogen and oxygen atoms in total. The molecule has 0 spiro atoms. The molecule has 1 atom stereocenters. The van der Waals surface area contributed by atoms with Crippen LogP contribution in [0.4, 0.5) is 0 Å². The van der Waals surface area contributed by atoms with E-state index in [-0.39, 0.29) is 12.5 Å². The Balaban J connectivity index is 2.57. The van der Waals surface area contributed by atoms with Gasteiger partial charge in [-0.05, 0) is 25.7 Å². The van der Waals surface area contributed by atoms with Crippen LogP contribution in [0, 0.1) is 11.3 Å². The summed E-state index contributed by atoms with van der Waals surface area (Å²) in [6.07, 6.45) is 4.37. The van der Waals surface area contributed by atoms with Gasteiger partial charge < -0.3 is 15.5 Å². The molecule has 5 heteroatoms. The Morgan fingerprint density at radius 2 is 1.72 bits per heavy atom. The Labute approximate surface area is 108 Å². The van der Waals surface area contributed by atoms with Crippen molar-refractivity contribution >= 4 is 11.9 Å². The normalized spacial score (nSPS) is 20.4. The monoisotopic (exact) mass is 257 g/mol. The van der Waals surface area contributed by atoms with Crippen molar-refractivity contribution in [3.8, 4) is 0 Å². The average Bonchev–Trinajstić information content (AvgIpc) is 2.79. The van der Waals surface area contributed by atoms with E-state index in [0.29, 0.717) is 5.92 Å². The maximum absolute atomic E-state index is 12.1. The zero-order chi connectivity index (χ0) is 14.0. The number of carboxylic acids is 1. The van der Waals surface area contributed by atoms with Gasteiger partial charge in [0.05, 0.1) is 6.54 Å². The number of hydrogen-bond donors (Lipinski definition) is 3. The minimum absolute atomic E-state index is 0.184. The summed E-state index contributed by atoms with van der Waals surface area (Å²) in [4.78, 5) is 22.8. The van der Waals surface area contributed by atoms with E-state index in [2.05, 4.69) is 5.32 Å². The van der Waals surface area contributed by atoms with Gasteiger partial charge in [-0.2, -0.15) is 0 Å². The molecule has 104 valence electrons. The summed E-state index contributed by atoms with van der Waals surface area (Å²) < 4.78 is 0. The lowest BCUT2D eigenvalue weighted by Crippen LogP contribution is -2.50. The van der Waals surface area contributed by atoms with Crippen LogP contribution in [0.15, 0.2) is 0 Å². The van der Waals surface area contributed by atoms with Crippen molar-refractivity contribution in [2.24, 2.45) is 11.3 Å².